The molecule has 2 aliphatic rings. The van der Waals surface area contributed by atoms with Gasteiger partial charge in [0.15, 0.2) is 0 Å². The average molecular weight is 958 g/mol. The molecule has 0 aliphatic heterocycles. The Labute approximate surface area is 372 Å². The van der Waals surface area contributed by atoms with Crippen molar-refractivity contribution in [2.75, 3.05) is 0 Å². The Morgan fingerprint density at radius 3 is 1.11 bits per heavy atom. The summed E-state index contributed by atoms with van der Waals surface area (Å²) >= 11 is -1.80. The molecule has 0 spiro atoms. The Morgan fingerprint density at radius 2 is 0.738 bits per heavy atom. The zero-order valence-corrected chi connectivity index (χ0v) is 39.4. The summed E-state index contributed by atoms with van der Waals surface area (Å²) in [6.07, 6.45) is 4.92. The van der Waals surface area contributed by atoms with E-state index in [1.165, 1.54) is 66.8 Å². The third-order valence-corrected chi connectivity index (χ3v) is 19.3. The van der Waals surface area contributed by atoms with Crippen molar-refractivity contribution in [1.82, 2.24) is 0 Å². The molecule has 0 saturated heterocycles. The molecule has 2 nitrogen and oxygen atoms in total. The van der Waals surface area contributed by atoms with Crippen LogP contribution < -0.4 is 0 Å². The van der Waals surface area contributed by atoms with Crippen LogP contribution in [0.4, 0.5) is 0 Å². The van der Waals surface area contributed by atoms with Crippen molar-refractivity contribution in [3.05, 3.63) is 215 Å². The summed E-state index contributed by atoms with van der Waals surface area (Å²) in [5, 5.41) is 0. The van der Waals surface area contributed by atoms with Gasteiger partial charge in [-0.1, -0.05) is 0 Å². The molecule has 8 aromatic rings. The predicted molar refractivity (Wildman–Crippen MR) is 251 cm³/mol. The first-order chi connectivity index (χ1) is 29.5. The van der Waals surface area contributed by atoms with Gasteiger partial charge in [0.05, 0.1) is 0 Å². The first kappa shape index (κ1) is 39.4. The van der Waals surface area contributed by atoms with Gasteiger partial charge in [-0.25, -0.2) is 0 Å². The molecule has 0 N–H and O–H groups in total. The topological polar surface area (TPSA) is 26.3 Å². The van der Waals surface area contributed by atoms with Crippen molar-refractivity contribution in [2.24, 2.45) is 0 Å². The summed E-state index contributed by atoms with van der Waals surface area (Å²) in [5.41, 5.74) is 18.2. The van der Waals surface area contributed by atoms with E-state index >= 15 is 0 Å². The second-order valence-corrected chi connectivity index (χ2v) is 23.9. The van der Waals surface area contributed by atoms with Crippen LogP contribution in [0.25, 0.3) is 68.2 Å². The average Bonchev–Trinajstić information content (AvgIpc) is 4.10. The van der Waals surface area contributed by atoms with Gasteiger partial charge in [-0.05, 0) is 0 Å². The zero-order chi connectivity index (χ0) is 41.9. The SMILES string of the molecule is CC(C)(C)c1ccc(-c2cccc3c2C=C(c2ccc(-c4ccccc4)o2)[CH]3[Hf][CH]2C(c3ccc(-c4ccccc4)o3)=Cc3c(-c4ccc(C(C)(C)C)cc4)cccc32)cc1. The van der Waals surface area contributed by atoms with Gasteiger partial charge < -0.3 is 0 Å². The molecular weight excluding hydrogens is 907 g/mol. The zero-order valence-electron chi connectivity index (χ0n) is 35.8. The molecule has 2 heterocycles. The Morgan fingerprint density at radius 1 is 0.361 bits per heavy atom. The molecule has 61 heavy (non-hydrogen) atoms. The van der Waals surface area contributed by atoms with Crippen LogP contribution in [0.1, 0.15) is 93.8 Å². The van der Waals surface area contributed by atoms with Crippen LogP contribution in [-0.4, -0.2) is 0 Å². The van der Waals surface area contributed by atoms with Gasteiger partial charge >= 0.3 is 374 Å². The standard InChI is InChI=1S/2C29H25O.Hf/c2*1-29(2,3)24-14-12-20(13-15-24)25-11-7-10-22-18-23(19-26(22)25)28-17-16-27(30-28)21-8-5-4-6-9-21;/h2*4-19H,1-3H3;. The van der Waals surface area contributed by atoms with Crippen LogP contribution in [-0.2, 0) is 33.7 Å². The Kier molecular flexibility index (Phi) is 10.1. The minimum absolute atomic E-state index is 0.0906. The van der Waals surface area contributed by atoms with Crippen molar-refractivity contribution in [2.45, 2.75) is 59.7 Å². The summed E-state index contributed by atoms with van der Waals surface area (Å²) < 4.78 is 14.2. The van der Waals surface area contributed by atoms with Crippen LogP contribution in [0.15, 0.2) is 179 Å². The van der Waals surface area contributed by atoms with Crippen molar-refractivity contribution < 1.29 is 31.7 Å². The van der Waals surface area contributed by atoms with E-state index in [9.17, 15) is 0 Å². The molecule has 298 valence electrons. The maximum atomic E-state index is 6.85. The Balaban J connectivity index is 1.11. The van der Waals surface area contributed by atoms with Gasteiger partial charge in [-0.3, -0.25) is 0 Å². The number of allylic oxidation sites excluding steroid dienone is 2. The molecular formula is C58H50HfO2. The molecule has 0 fully saturated rings. The van der Waals surface area contributed by atoms with Crippen LogP contribution in [0.5, 0.6) is 0 Å². The number of benzene rings is 6. The summed E-state index contributed by atoms with van der Waals surface area (Å²) in [4.78, 5) is 0. The van der Waals surface area contributed by atoms with Crippen LogP contribution >= 0.6 is 0 Å². The summed E-state index contributed by atoms with van der Waals surface area (Å²) in [5.74, 6) is 3.72. The van der Waals surface area contributed by atoms with E-state index in [4.69, 9.17) is 8.83 Å². The normalized spacial score (nSPS) is 15.9. The quantitative estimate of drug-likeness (QED) is 0.142. The van der Waals surface area contributed by atoms with Crippen molar-refractivity contribution in [3.63, 3.8) is 0 Å². The molecule has 3 heteroatoms. The molecule has 0 amide bonds. The first-order valence-corrected chi connectivity index (χ1v) is 25.6. The second kappa shape index (κ2) is 15.6. The maximum absolute atomic E-state index is 6.85. The van der Waals surface area contributed by atoms with E-state index in [1.54, 1.807) is 0 Å². The van der Waals surface area contributed by atoms with Crippen LogP contribution in [0, 0.1) is 0 Å². The molecule has 0 bridgehead atoms. The Bertz CT molecular complexity index is 2720. The molecule has 2 atom stereocenters. The molecule has 0 radical (unpaired) electrons. The molecule has 2 aromatic heterocycles. The first-order valence-electron chi connectivity index (χ1n) is 21.5. The monoisotopic (exact) mass is 958 g/mol. The van der Waals surface area contributed by atoms with Crippen LogP contribution in [0.3, 0.4) is 0 Å². The third kappa shape index (κ3) is 7.52. The van der Waals surface area contributed by atoms with Crippen molar-refractivity contribution in [3.8, 4) is 44.9 Å². The van der Waals surface area contributed by atoms with Gasteiger partial charge in [0.2, 0.25) is 0 Å². The van der Waals surface area contributed by atoms with E-state index in [0.29, 0.717) is 0 Å². The number of rotatable bonds is 8. The van der Waals surface area contributed by atoms with Crippen molar-refractivity contribution >= 4 is 23.3 Å². The van der Waals surface area contributed by atoms with Gasteiger partial charge in [-0.2, -0.15) is 0 Å². The molecule has 2 unspecified atom stereocenters. The molecule has 10 rings (SSSR count). The fourth-order valence-corrected chi connectivity index (χ4v) is 16.3. The minimum atomic E-state index is -1.80. The number of fused-ring (bicyclic) bond motifs is 2. The number of hydrogen-bond donors (Lipinski definition) is 0. The molecule has 6 aromatic carbocycles. The number of furan rings is 2. The fraction of sp³-hybridized carbons (Fsp3) is 0.172. The van der Waals surface area contributed by atoms with E-state index in [2.05, 4.69) is 224 Å². The summed E-state index contributed by atoms with van der Waals surface area (Å²) in [6.45, 7) is 13.7. The van der Waals surface area contributed by atoms with E-state index < -0.39 is 22.9 Å². The van der Waals surface area contributed by atoms with Crippen LogP contribution in [0.2, 0.25) is 0 Å². The predicted octanol–water partition coefficient (Wildman–Crippen LogP) is 16.1. The van der Waals surface area contributed by atoms with E-state index in [0.717, 1.165) is 34.2 Å². The Hall–Kier alpha value is -5.77. The van der Waals surface area contributed by atoms with E-state index in [-0.39, 0.29) is 18.2 Å². The van der Waals surface area contributed by atoms with Gasteiger partial charge in [0, 0.05) is 0 Å². The van der Waals surface area contributed by atoms with Gasteiger partial charge in [0.1, 0.15) is 0 Å². The van der Waals surface area contributed by atoms with Crippen molar-refractivity contribution in [1.29, 1.82) is 0 Å². The van der Waals surface area contributed by atoms with Gasteiger partial charge in [0.25, 0.3) is 0 Å². The second-order valence-electron chi connectivity index (χ2n) is 18.6. The summed E-state index contributed by atoms with van der Waals surface area (Å²) in [7, 11) is 0. The van der Waals surface area contributed by atoms with E-state index in [1.807, 2.05) is 0 Å². The summed E-state index contributed by atoms with van der Waals surface area (Å²) in [6, 6.07) is 62.0. The third-order valence-electron chi connectivity index (χ3n) is 12.5. The number of hydrogen-bond acceptors (Lipinski definition) is 2. The molecule has 2 aliphatic carbocycles. The molecule has 0 saturated carbocycles. The van der Waals surface area contributed by atoms with Gasteiger partial charge in [-0.15, -0.1) is 0 Å². The fourth-order valence-electron chi connectivity index (χ4n) is 9.06.